The molecule has 0 spiro atoms. The van der Waals surface area contributed by atoms with Crippen molar-refractivity contribution in [1.29, 1.82) is 0 Å². The first-order valence-electron chi connectivity index (χ1n) is 7.11. The van der Waals surface area contributed by atoms with Crippen LogP contribution in [0.4, 0.5) is 0 Å². The number of pyridine rings is 1. The van der Waals surface area contributed by atoms with Crippen LogP contribution in [0.25, 0.3) is 0 Å². The zero-order valence-corrected chi connectivity index (χ0v) is 13.2. The van der Waals surface area contributed by atoms with Crippen molar-refractivity contribution in [2.45, 2.75) is 65.3 Å². The maximum atomic E-state index is 9.70. The lowest BCUT2D eigenvalue weighted by Crippen LogP contribution is -2.41. The summed E-state index contributed by atoms with van der Waals surface area (Å²) in [5.41, 5.74) is 2.30. The van der Waals surface area contributed by atoms with E-state index in [9.17, 15) is 5.11 Å². The van der Waals surface area contributed by atoms with Crippen molar-refractivity contribution in [3.63, 3.8) is 0 Å². The summed E-state index contributed by atoms with van der Waals surface area (Å²) in [5, 5.41) is 9.70. The molecule has 1 N–H and O–H groups in total. The number of rotatable bonds is 3. The Morgan fingerprint density at radius 1 is 1.20 bits per heavy atom. The summed E-state index contributed by atoms with van der Waals surface area (Å²) in [4.78, 5) is 4.25. The number of nitrogens with zero attached hydrogens (tertiary/aromatic N) is 1. The molecule has 1 aromatic rings. The summed E-state index contributed by atoms with van der Waals surface area (Å²) in [6.45, 7) is 11.9. The van der Waals surface area contributed by atoms with Crippen LogP contribution in [-0.4, -0.2) is 34.5 Å². The van der Waals surface area contributed by atoms with Crippen molar-refractivity contribution in [2.75, 3.05) is 0 Å². The SMILES string of the molecule is Cc1cncc(B2OC(C)(C)C(C)(C)O2)c1CC(C)O. The fourth-order valence-electron chi connectivity index (χ4n) is 2.36. The highest BCUT2D eigenvalue weighted by Gasteiger charge is 2.52. The summed E-state index contributed by atoms with van der Waals surface area (Å²) in [6.07, 6.45) is 3.77. The molecule has 0 amide bonds. The highest BCUT2D eigenvalue weighted by molar-refractivity contribution is 6.62. The Balaban J connectivity index is 2.37. The summed E-state index contributed by atoms with van der Waals surface area (Å²) in [5.74, 6) is 0. The number of aromatic nitrogens is 1. The largest absolute Gasteiger partial charge is 0.496 e. The maximum Gasteiger partial charge on any atom is 0.496 e. The molecule has 0 aliphatic carbocycles. The Labute approximate surface area is 121 Å². The quantitative estimate of drug-likeness (QED) is 0.853. The molecule has 1 fully saturated rings. The number of hydrogen-bond donors (Lipinski definition) is 1. The van der Waals surface area contributed by atoms with Crippen LogP contribution in [-0.2, 0) is 15.7 Å². The molecule has 0 aromatic carbocycles. The van der Waals surface area contributed by atoms with Gasteiger partial charge in [0.25, 0.3) is 0 Å². The van der Waals surface area contributed by atoms with E-state index in [0.717, 1.165) is 16.6 Å². The van der Waals surface area contributed by atoms with E-state index in [-0.39, 0.29) is 11.2 Å². The van der Waals surface area contributed by atoms with Gasteiger partial charge in [-0.1, -0.05) is 0 Å². The van der Waals surface area contributed by atoms with Crippen LogP contribution in [0.5, 0.6) is 0 Å². The van der Waals surface area contributed by atoms with E-state index in [4.69, 9.17) is 9.31 Å². The number of aryl methyl sites for hydroxylation is 1. The van der Waals surface area contributed by atoms with Gasteiger partial charge in [0.15, 0.2) is 0 Å². The van der Waals surface area contributed by atoms with Gasteiger partial charge in [0.1, 0.15) is 0 Å². The van der Waals surface area contributed by atoms with Crippen LogP contribution in [0.2, 0.25) is 0 Å². The highest BCUT2D eigenvalue weighted by atomic mass is 16.7. The molecule has 0 saturated carbocycles. The van der Waals surface area contributed by atoms with Gasteiger partial charge in [0.05, 0.1) is 17.3 Å². The predicted octanol–water partition coefficient (Wildman–Crippen LogP) is 1.61. The van der Waals surface area contributed by atoms with Gasteiger partial charge in [0, 0.05) is 17.9 Å². The average molecular weight is 277 g/mol. The highest BCUT2D eigenvalue weighted by Crippen LogP contribution is 2.36. The third kappa shape index (κ3) is 2.75. The van der Waals surface area contributed by atoms with Crippen molar-refractivity contribution in [1.82, 2.24) is 4.98 Å². The summed E-state index contributed by atoms with van der Waals surface area (Å²) >= 11 is 0. The molecule has 0 bridgehead atoms. The standard InChI is InChI=1S/C15H24BNO3/c1-10-8-17-9-13(12(10)7-11(2)18)16-19-14(3,4)15(5,6)20-16/h8-9,11,18H,7H2,1-6H3. The molecule has 2 rings (SSSR count). The zero-order chi connectivity index (χ0) is 15.1. The number of aliphatic hydroxyl groups excluding tert-OH is 1. The first-order valence-corrected chi connectivity index (χ1v) is 7.11. The smallest absolute Gasteiger partial charge is 0.399 e. The second kappa shape index (κ2) is 5.13. The topological polar surface area (TPSA) is 51.6 Å². The van der Waals surface area contributed by atoms with Crippen molar-refractivity contribution in [2.24, 2.45) is 0 Å². The van der Waals surface area contributed by atoms with Crippen molar-refractivity contribution < 1.29 is 14.4 Å². The summed E-state index contributed by atoms with van der Waals surface area (Å²) < 4.78 is 12.2. The molecule has 1 saturated heterocycles. The lowest BCUT2D eigenvalue weighted by atomic mass is 9.75. The summed E-state index contributed by atoms with van der Waals surface area (Å²) in [6, 6.07) is 0. The van der Waals surface area contributed by atoms with Gasteiger partial charge in [-0.25, -0.2) is 0 Å². The van der Waals surface area contributed by atoms with E-state index in [1.807, 2.05) is 40.8 Å². The zero-order valence-electron chi connectivity index (χ0n) is 13.2. The van der Waals surface area contributed by atoms with Crippen molar-refractivity contribution in [3.8, 4) is 0 Å². The van der Waals surface area contributed by atoms with Gasteiger partial charge < -0.3 is 14.4 Å². The summed E-state index contributed by atoms with van der Waals surface area (Å²) in [7, 11) is -0.429. The normalized spacial score (nSPS) is 22.1. The van der Waals surface area contributed by atoms with E-state index < -0.39 is 13.2 Å². The minimum atomic E-state index is -0.429. The molecule has 0 radical (unpaired) electrons. The fourth-order valence-corrected chi connectivity index (χ4v) is 2.36. The van der Waals surface area contributed by atoms with Crippen LogP contribution < -0.4 is 5.46 Å². The predicted molar refractivity (Wildman–Crippen MR) is 80.1 cm³/mol. The van der Waals surface area contributed by atoms with Crippen LogP contribution in [0, 0.1) is 6.92 Å². The lowest BCUT2D eigenvalue weighted by Gasteiger charge is -2.32. The number of hydrogen-bond acceptors (Lipinski definition) is 4. The van der Waals surface area contributed by atoms with Gasteiger partial charge in [-0.3, -0.25) is 4.98 Å². The molecule has 1 aromatic heterocycles. The van der Waals surface area contributed by atoms with Crippen LogP contribution in [0.3, 0.4) is 0 Å². The van der Waals surface area contributed by atoms with Gasteiger partial charge in [-0.2, -0.15) is 0 Å². The molecule has 4 nitrogen and oxygen atoms in total. The van der Waals surface area contributed by atoms with E-state index >= 15 is 0 Å². The third-order valence-corrected chi connectivity index (χ3v) is 4.31. The van der Waals surface area contributed by atoms with Crippen LogP contribution in [0.15, 0.2) is 12.4 Å². The Hall–Kier alpha value is -0.905. The number of aliphatic hydroxyl groups is 1. The van der Waals surface area contributed by atoms with Gasteiger partial charge in [-0.15, -0.1) is 0 Å². The molecule has 110 valence electrons. The molecule has 20 heavy (non-hydrogen) atoms. The molecule has 2 heterocycles. The minimum Gasteiger partial charge on any atom is -0.399 e. The van der Waals surface area contributed by atoms with Gasteiger partial charge in [-0.05, 0) is 59.1 Å². The molecule has 1 unspecified atom stereocenters. The van der Waals surface area contributed by atoms with Gasteiger partial charge in [0.2, 0.25) is 0 Å². The molecular formula is C15H24BNO3. The first-order chi connectivity index (χ1) is 9.14. The average Bonchev–Trinajstić information content (AvgIpc) is 2.50. The van der Waals surface area contributed by atoms with Gasteiger partial charge >= 0.3 is 7.12 Å². The van der Waals surface area contributed by atoms with E-state index in [0.29, 0.717) is 6.42 Å². The van der Waals surface area contributed by atoms with E-state index in [2.05, 4.69) is 4.98 Å². The molecular weight excluding hydrogens is 253 g/mol. The van der Waals surface area contributed by atoms with E-state index in [1.54, 1.807) is 13.1 Å². The lowest BCUT2D eigenvalue weighted by molar-refractivity contribution is 0.00578. The van der Waals surface area contributed by atoms with Crippen molar-refractivity contribution >= 4 is 12.6 Å². The molecule has 1 aliphatic heterocycles. The Morgan fingerprint density at radius 2 is 1.75 bits per heavy atom. The van der Waals surface area contributed by atoms with Crippen LogP contribution >= 0.6 is 0 Å². The van der Waals surface area contributed by atoms with E-state index in [1.165, 1.54) is 0 Å². The Morgan fingerprint density at radius 3 is 2.25 bits per heavy atom. The minimum absolute atomic E-state index is 0.372. The first kappa shape index (κ1) is 15.5. The monoisotopic (exact) mass is 277 g/mol. The van der Waals surface area contributed by atoms with Crippen LogP contribution in [0.1, 0.15) is 45.7 Å². The Bertz CT molecular complexity index is 484. The molecule has 5 heteroatoms. The Kier molecular flexibility index (Phi) is 3.97. The van der Waals surface area contributed by atoms with Crippen molar-refractivity contribution in [3.05, 3.63) is 23.5 Å². The second-order valence-corrected chi connectivity index (χ2v) is 6.67. The maximum absolute atomic E-state index is 9.70. The fraction of sp³-hybridized carbons (Fsp3) is 0.667. The third-order valence-electron chi connectivity index (χ3n) is 4.31. The molecule has 1 atom stereocenters. The second-order valence-electron chi connectivity index (χ2n) is 6.67. The molecule has 1 aliphatic rings.